The lowest BCUT2D eigenvalue weighted by Crippen LogP contribution is -2.34. The lowest BCUT2D eigenvalue weighted by molar-refractivity contribution is -0.131. The van der Waals surface area contributed by atoms with Gasteiger partial charge in [0.15, 0.2) is 0 Å². The van der Waals surface area contributed by atoms with Crippen LogP contribution in [0.2, 0.25) is 5.02 Å². The fraction of sp³-hybridized carbons (Fsp3) is 0.296. The minimum atomic E-state index is -0.336. The van der Waals surface area contributed by atoms with Gasteiger partial charge in [-0.2, -0.15) is 0 Å². The first-order chi connectivity index (χ1) is 17.0. The molecule has 2 aromatic carbocycles. The Kier molecular flexibility index (Phi) is 6.97. The first-order valence-corrected chi connectivity index (χ1v) is 13.0. The zero-order valence-corrected chi connectivity index (χ0v) is 20.9. The minimum absolute atomic E-state index is 0.110. The molecule has 180 valence electrons. The number of rotatable bonds is 5. The van der Waals surface area contributed by atoms with Crippen LogP contribution >= 0.6 is 23.4 Å². The molecule has 0 atom stereocenters. The second-order valence-electron chi connectivity index (χ2n) is 8.88. The van der Waals surface area contributed by atoms with Gasteiger partial charge in [0.25, 0.3) is 11.1 Å². The Hall–Kier alpha value is -3.03. The number of fused-ring (bicyclic) bond motifs is 1. The number of imide groups is 1. The number of carbonyl (C=O) groups is 3. The molecule has 5 rings (SSSR count). The van der Waals surface area contributed by atoms with Gasteiger partial charge in [0.1, 0.15) is 6.54 Å². The quantitative estimate of drug-likeness (QED) is 0.401. The number of hydrogen-bond acceptors (Lipinski definition) is 4. The molecule has 0 saturated carbocycles. The Morgan fingerprint density at radius 2 is 1.69 bits per heavy atom. The third-order valence-corrected chi connectivity index (χ3v) is 7.81. The van der Waals surface area contributed by atoms with Gasteiger partial charge in [0, 0.05) is 40.8 Å². The fourth-order valence-corrected chi connectivity index (χ4v) is 5.69. The zero-order valence-electron chi connectivity index (χ0n) is 19.3. The molecule has 0 aliphatic carbocycles. The molecule has 0 bridgehead atoms. The van der Waals surface area contributed by atoms with Crippen LogP contribution < -0.4 is 0 Å². The van der Waals surface area contributed by atoms with Gasteiger partial charge in [0.2, 0.25) is 5.91 Å². The Bertz CT molecular complexity index is 1320. The van der Waals surface area contributed by atoms with E-state index in [0.717, 1.165) is 59.7 Å². The zero-order chi connectivity index (χ0) is 24.4. The second kappa shape index (κ2) is 10.3. The number of thioether (sulfide) groups is 1. The predicted molar refractivity (Wildman–Crippen MR) is 140 cm³/mol. The van der Waals surface area contributed by atoms with Crippen molar-refractivity contribution in [3.05, 3.63) is 75.8 Å². The number of aromatic nitrogens is 1. The summed E-state index contributed by atoms with van der Waals surface area (Å²) in [6.45, 7) is 2.00. The summed E-state index contributed by atoms with van der Waals surface area (Å²) in [6, 6.07) is 15.0. The summed E-state index contributed by atoms with van der Waals surface area (Å²) in [4.78, 5) is 42.3. The maximum absolute atomic E-state index is 13.1. The van der Waals surface area contributed by atoms with Crippen molar-refractivity contribution in [2.75, 3.05) is 13.1 Å². The molecule has 8 heteroatoms. The summed E-state index contributed by atoms with van der Waals surface area (Å²) < 4.78 is 1.95. The average molecular weight is 508 g/mol. The molecule has 3 heterocycles. The van der Waals surface area contributed by atoms with Gasteiger partial charge in [-0.25, -0.2) is 0 Å². The van der Waals surface area contributed by atoms with E-state index in [9.17, 15) is 14.4 Å². The highest BCUT2D eigenvalue weighted by molar-refractivity contribution is 8.18. The third kappa shape index (κ3) is 5.02. The van der Waals surface area contributed by atoms with E-state index in [1.165, 1.54) is 17.7 Å². The summed E-state index contributed by atoms with van der Waals surface area (Å²) in [7, 11) is 0. The van der Waals surface area contributed by atoms with Crippen LogP contribution in [0.25, 0.3) is 17.0 Å². The van der Waals surface area contributed by atoms with Gasteiger partial charge in [-0.15, -0.1) is 0 Å². The molecule has 0 radical (unpaired) electrons. The lowest BCUT2D eigenvalue weighted by atomic mass is 10.1. The molecule has 2 fully saturated rings. The molecule has 0 spiro atoms. The Morgan fingerprint density at radius 1 is 0.971 bits per heavy atom. The Morgan fingerprint density at radius 3 is 2.46 bits per heavy atom. The van der Waals surface area contributed by atoms with Crippen molar-refractivity contribution >= 4 is 57.4 Å². The smallest absolute Gasteiger partial charge is 0.293 e. The maximum Gasteiger partial charge on any atom is 0.293 e. The van der Waals surface area contributed by atoms with Crippen molar-refractivity contribution in [3.8, 4) is 0 Å². The molecule has 35 heavy (non-hydrogen) atoms. The lowest BCUT2D eigenvalue weighted by Gasteiger charge is -2.20. The molecular formula is C27H26ClN3O3S. The summed E-state index contributed by atoms with van der Waals surface area (Å²) >= 11 is 7.16. The number of para-hydroxylation sites is 1. The van der Waals surface area contributed by atoms with Gasteiger partial charge in [-0.3, -0.25) is 19.3 Å². The predicted octanol–water partition coefficient (Wildman–Crippen LogP) is 5.93. The van der Waals surface area contributed by atoms with Crippen molar-refractivity contribution in [2.24, 2.45) is 0 Å². The van der Waals surface area contributed by atoms with Crippen LogP contribution in [0.15, 0.2) is 59.6 Å². The third-order valence-electron chi connectivity index (χ3n) is 6.53. The number of hydrogen-bond donors (Lipinski definition) is 0. The van der Waals surface area contributed by atoms with E-state index in [-0.39, 0.29) is 30.1 Å². The normalized spacial score (nSPS) is 18.0. The van der Waals surface area contributed by atoms with Crippen molar-refractivity contribution < 1.29 is 14.4 Å². The van der Waals surface area contributed by atoms with Crippen LogP contribution in [0.1, 0.15) is 36.8 Å². The summed E-state index contributed by atoms with van der Waals surface area (Å²) in [5.41, 5.74) is 2.46. The average Bonchev–Trinajstić information content (AvgIpc) is 3.16. The van der Waals surface area contributed by atoms with Crippen LogP contribution in [-0.4, -0.2) is 44.5 Å². The molecule has 3 aromatic rings. The number of benzene rings is 2. The number of carbonyl (C=O) groups excluding carboxylic acids is 3. The van der Waals surface area contributed by atoms with Crippen molar-refractivity contribution in [2.45, 2.75) is 38.8 Å². The molecule has 6 nitrogen and oxygen atoms in total. The summed E-state index contributed by atoms with van der Waals surface area (Å²) in [6.07, 6.45) is 8.11. The van der Waals surface area contributed by atoms with E-state index in [4.69, 9.17) is 11.6 Å². The topological polar surface area (TPSA) is 62.6 Å². The van der Waals surface area contributed by atoms with Crippen LogP contribution in [0, 0.1) is 0 Å². The summed E-state index contributed by atoms with van der Waals surface area (Å²) in [5, 5.41) is 1.14. The van der Waals surface area contributed by atoms with E-state index in [2.05, 4.69) is 0 Å². The Balaban J connectivity index is 1.40. The van der Waals surface area contributed by atoms with E-state index < -0.39 is 0 Å². The number of halogens is 1. The van der Waals surface area contributed by atoms with Crippen LogP contribution in [0.3, 0.4) is 0 Å². The van der Waals surface area contributed by atoms with Gasteiger partial charge < -0.3 is 9.47 Å². The van der Waals surface area contributed by atoms with Gasteiger partial charge in [0.05, 0.1) is 11.4 Å². The molecule has 2 aliphatic heterocycles. The standard InChI is InChI=1S/C27H26ClN3O3S/c28-22-11-5-3-9-19(22)17-31-26(33)24(35-27(31)34)15-20-16-30(23-12-6-4-10-21(20)23)18-25(32)29-13-7-1-2-8-14-29/h3-6,9-12,15-16H,1-2,7-8,13-14,17-18H2/b24-15-. The first kappa shape index (κ1) is 23.7. The van der Waals surface area contributed by atoms with Crippen LogP contribution in [0.4, 0.5) is 4.79 Å². The van der Waals surface area contributed by atoms with Crippen LogP contribution in [-0.2, 0) is 22.7 Å². The fourth-order valence-electron chi connectivity index (χ4n) is 4.66. The van der Waals surface area contributed by atoms with Gasteiger partial charge in [-0.1, -0.05) is 60.8 Å². The molecule has 3 amide bonds. The molecule has 0 N–H and O–H groups in total. The van der Waals surface area contributed by atoms with E-state index >= 15 is 0 Å². The monoisotopic (exact) mass is 507 g/mol. The molecular weight excluding hydrogens is 482 g/mol. The van der Waals surface area contributed by atoms with E-state index in [1.54, 1.807) is 12.1 Å². The molecule has 2 saturated heterocycles. The van der Waals surface area contributed by atoms with Crippen molar-refractivity contribution in [1.29, 1.82) is 0 Å². The molecule has 2 aliphatic rings. The SMILES string of the molecule is O=C(Cn1cc(/C=C2\SC(=O)N(Cc3ccccc3Cl)C2=O)c2ccccc21)N1CCCCCC1. The Labute approximate surface area is 213 Å². The number of likely N-dealkylation sites (tertiary alicyclic amines) is 1. The van der Waals surface area contributed by atoms with Gasteiger partial charge >= 0.3 is 0 Å². The highest BCUT2D eigenvalue weighted by atomic mass is 35.5. The van der Waals surface area contributed by atoms with Gasteiger partial charge in [-0.05, 0) is 48.4 Å². The summed E-state index contributed by atoms with van der Waals surface area (Å²) in [5.74, 6) is -0.225. The number of amides is 3. The highest BCUT2D eigenvalue weighted by Gasteiger charge is 2.35. The largest absolute Gasteiger partial charge is 0.341 e. The second-order valence-corrected chi connectivity index (χ2v) is 10.3. The minimum Gasteiger partial charge on any atom is -0.341 e. The number of nitrogens with zero attached hydrogens (tertiary/aromatic N) is 3. The van der Waals surface area contributed by atoms with Crippen molar-refractivity contribution in [3.63, 3.8) is 0 Å². The molecule has 0 unspecified atom stereocenters. The van der Waals surface area contributed by atoms with Crippen LogP contribution in [0.5, 0.6) is 0 Å². The van der Waals surface area contributed by atoms with Crippen molar-refractivity contribution in [1.82, 2.24) is 14.4 Å². The van der Waals surface area contributed by atoms with E-state index in [1.807, 2.05) is 58.1 Å². The maximum atomic E-state index is 13.1. The first-order valence-electron chi connectivity index (χ1n) is 11.9. The highest BCUT2D eigenvalue weighted by Crippen LogP contribution is 2.35. The molecule has 1 aromatic heterocycles. The van der Waals surface area contributed by atoms with E-state index in [0.29, 0.717) is 9.93 Å².